The highest BCUT2D eigenvalue weighted by molar-refractivity contribution is 7.71. The second-order valence-corrected chi connectivity index (χ2v) is 5.75. The first-order valence-corrected chi connectivity index (χ1v) is 7.97. The number of hydrogen-bond donors (Lipinski definition) is 1. The molecule has 0 spiro atoms. The fraction of sp³-hybridized carbons (Fsp3) is 0.438. The highest BCUT2D eigenvalue weighted by Gasteiger charge is 2.22. The molecule has 1 aromatic carbocycles. The molecule has 0 aliphatic heterocycles. The van der Waals surface area contributed by atoms with Crippen molar-refractivity contribution in [3.63, 3.8) is 0 Å². The monoisotopic (exact) mass is 300 g/mol. The number of nitrogens with one attached hydrogen (secondary N) is 1. The summed E-state index contributed by atoms with van der Waals surface area (Å²) in [5.41, 5.74) is 3.69. The van der Waals surface area contributed by atoms with Gasteiger partial charge in [-0.3, -0.25) is 4.57 Å². The van der Waals surface area contributed by atoms with Crippen LogP contribution in [-0.4, -0.2) is 20.6 Å². The maximum atomic E-state index is 5.48. The minimum Gasteiger partial charge on any atom is -0.351 e. The summed E-state index contributed by atoms with van der Waals surface area (Å²) in [5, 5.41) is 3.29. The summed E-state index contributed by atoms with van der Waals surface area (Å²) in [5.74, 6) is 0.644. The van der Waals surface area contributed by atoms with Gasteiger partial charge in [0.1, 0.15) is 6.33 Å². The van der Waals surface area contributed by atoms with Gasteiger partial charge in [0.15, 0.2) is 0 Å². The standard InChI is InChI=1S/C16H20N4S/c1-3-11-6-5-7-12(4-2)14(11)20-10-17-15(19-16(20)21)18-13-8-9-13/h5-7,10,13H,3-4,8-9H2,1-2H3,(H,18,19,21). The van der Waals surface area contributed by atoms with Gasteiger partial charge in [0.2, 0.25) is 10.7 Å². The minimum atomic E-state index is 0.532. The first-order chi connectivity index (χ1) is 10.2. The highest BCUT2D eigenvalue weighted by atomic mass is 32.1. The van der Waals surface area contributed by atoms with Crippen LogP contribution in [0.5, 0.6) is 0 Å². The maximum absolute atomic E-state index is 5.48. The molecule has 1 saturated carbocycles. The van der Waals surface area contributed by atoms with Crippen LogP contribution >= 0.6 is 12.2 Å². The summed E-state index contributed by atoms with van der Waals surface area (Å²) in [7, 11) is 0. The molecule has 1 aliphatic carbocycles. The summed E-state index contributed by atoms with van der Waals surface area (Å²) in [6.45, 7) is 4.32. The Kier molecular flexibility index (Phi) is 4.01. The molecule has 1 aromatic heterocycles. The van der Waals surface area contributed by atoms with Crippen molar-refractivity contribution in [2.45, 2.75) is 45.6 Å². The Labute approximate surface area is 130 Å². The van der Waals surface area contributed by atoms with Crippen LogP contribution in [0.1, 0.15) is 37.8 Å². The van der Waals surface area contributed by atoms with Crippen molar-refractivity contribution in [1.82, 2.24) is 14.5 Å². The second kappa shape index (κ2) is 5.93. The molecule has 0 bridgehead atoms. The minimum absolute atomic E-state index is 0.532. The Morgan fingerprint density at radius 2 is 1.90 bits per heavy atom. The van der Waals surface area contributed by atoms with Gasteiger partial charge < -0.3 is 5.32 Å². The number of nitrogens with zero attached hydrogens (tertiary/aromatic N) is 3. The zero-order chi connectivity index (χ0) is 14.8. The molecule has 1 N–H and O–H groups in total. The third kappa shape index (κ3) is 2.97. The molecule has 5 heteroatoms. The third-order valence-corrected chi connectivity index (χ3v) is 4.11. The topological polar surface area (TPSA) is 42.7 Å². The van der Waals surface area contributed by atoms with E-state index in [0.717, 1.165) is 18.5 Å². The molecule has 110 valence electrons. The van der Waals surface area contributed by atoms with Crippen molar-refractivity contribution in [3.8, 4) is 5.69 Å². The molecule has 0 amide bonds. The first-order valence-electron chi connectivity index (χ1n) is 7.56. The SMILES string of the molecule is CCc1cccc(CC)c1-n1cnc(NC2CC2)nc1=S. The van der Waals surface area contributed by atoms with Crippen molar-refractivity contribution in [1.29, 1.82) is 0 Å². The van der Waals surface area contributed by atoms with Crippen LogP contribution in [0.25, 0.3) is 5.69 Å². The lowest BCUT2D eigenvalue weighted by Gasteiger charge is -2.15. The summed E-state index contributed by atoms with van der Waals surface area (Å²) >= 11 is 5.48. The zero-order valence-corrected chi connectivity index (χ0v) is 13.3. The Balaban J connectivity index is 2.05. The molecular formula is C16H20N4S. The number of anilines is 1. The highest BCUT2D eigenvalue weighted by Crippen LogP contribution is 2.24. The van der Waals surface area contributed by atoms with E-state index >= 15 is 0 Å². The van der Waals surface area contributed by atoms with E-state index in [-0.39, 0.29) is 0 Å². The van der Waals surface area contributed by atoms with E-state index in [0.29, 0.717) is 16.8 Å². The van der Waals surface area contributed by atoms with Crippen molar-refractivity contribution in [2.24, 2.45) is 0 Å². The van der Waals surface area contributed by atoms with E-state index in [2.05, 4.69) is 47.3 Å². The van der Waals surface area contributed by atoms with Gasteiger partial charge >= 0.3 is 0 Å². The van der Waals surface area contributed by atoms with Crippen LogP contribution in [0.2, 0.25) is 0 Å². The molecule has 1 fully saturated rings. The average Bonchev–Trinajstić information content (AvgIpc) is 3.31. The van der Waals surface area contributed by atoms with Gasteiger partial charge in [-0.25, -0.2) is 4.98 Å². The number of aryl methyl sites for hydroxylation is 2. The lowest BCUT2D eigenvalue weighted by molar-refractivity contribution is 0.858. The second-order valence-electron chi connectivity index (χ2n) is 5.38. The van der Waals surface area contributed by atoms with Crippen molar-refractivity contribution >= 4 is 18.2 Å². The van der Waals surface area contributed by atoms with Gasteiger partial charge in [-0.15, -0.1) is 0 Å². The Morgan fingerprint density at radius 3 is 2.43 bits per heavy atom. The number of para-hydroxylation sites is 1. The van der Waals surface area contributed by atoms with E-state index in [4.69, 9.17) is 12.2 Å². The number of aromatic nitrogens is 3. The van der Waals surface area contributed by atoms with Gasteiger partial charge in [-0.05, 0) is 49.0 Å². The Bertz CT molecular complexity index is 681. The third-order valence-electron chi connectivity index (χ3n) is 3.82. The summed E-state index contributed by atoms with van der Waals surface area (Å²) in [6, 6.07) is 6.93. The summed E-state index contributed by atoms with van der Waals surface area (Å²) < 4.78 is 2.49. The zero-order valence-electron chi connectivity index (χ0n) is 12.5. The van der Waals surface area contributed by atoms with Crippen LogP contribution in [0, 0.1) is 4.77 Å². The summed E-state index contributed by atoms with van der Waals surface area (Å²) in [6.07, 6.45) is 6.13. The molecule has 0 atom stereocenters. The van der Waals surface area contributed by atoms with E-state index in [9.17, 15) is 0 Å². The molecule has 1 aliphatic rings. The van der Waals surface area contributed by atoms with Gasteiger partial charge in [-0.1, -0.05) is 32.0 Å². The molecule has 0 unspecified atom stereocenters. The fourth-order valence-corrected chi connectivity index (χ4v) is 2.72. The Morgan fingerprint density at radius 1 is 1.24 bits per heavy atom. The molecular weight excluding hydrogens is 280 g/mol. The van der Waals surface area contributed by atoms with Crippen molar-refractivity contribution < 1.29 is 0 Å². The predicted molar refractivity (Wildman–Crippen MR) is 87.6 cm³/mol. The molecule has 2 aromatic rings. The predicted octanol–water partition coefficient (Wildman–Crippen LogP) is 3.70. The van der Waals surface area contributed by atoms with Gasteiger partial charge in [-0.2, -0.15) is 4.98 Å². The summed E-state index contributed by atoms with van der Waals surface area (Å²) in [4.78, 5) is 8.86. The molecule has 4 nitrogen and oxygen atoms in total. The van der Waals surface area contributed by atoms with Crippen LogP contribution in [0.15, 0.2) is 24.5 Å². The largest absolute Gasteiger partial charge is 0.351 e. The number of hydrogen-bond acceptors (Lipinski definition) is 4. The van der Waals surface area contributed by atoms with E-state index < -0.39 is 0 Å². The van der Waals surface area contributed by atoms with E-state index in [1.807, 2.05) is 4.57 Å². The number of benzene rings is 1. The van der Waals surface area contributed by atoms with E-state index in [1.54, 1.807) is 6.33 Å². The maximum Gasteiger partial charge on any atom is 0.227 e. The van der Waals surface area contributed by atoms with Crippen LogP contribution in [0.4, 0.5) is 5.95 Å². The van der Waals surface area contributed by atoms with Crippen LogP contribution in [-0.2, 0) is 12.8 Å². The Hall–Kier alpha value is -1.75. The van der Waals surface area contributed by atoms with Crippen molar-refractivity contribution in [2.75, 3.05) is 5.32 Å². The van der Waals surface area contributed by atoms with E-state index in [1.165, 1.54) is 24.0 Å². The van der Waals surface area contributed by atoms with Gasteiger partial charge in [0, 0.05) is 6.04 Å². The molecule has 1 heterocycles. The van der Waals surface area contributed by atoms with Crippen molar-refractivity contribution in [3.05, 3.63) is 40.4 Å². The molecule has 0 saturated heterocycles. The van der Waals surface area contributed by atoms with Gasteiger partial charge in [0.05, 0.1) is 5.69 Å². The lowest BCUT2D eigenvalue weighted by Crippen LogP contribution is -2.11. The van der Waals surface area contributed by atoms with Gasteiger partial charge in [0.25, 0.3) is 0 Å². The quantitative estimate of drug-likeness (QED) is 0.855. The lowest BCUT2D eigenvalue weighted by atomic mass is 10.0. The molecule has 0 radical (unpaired) electrons. The first kappa shape index (κ1) is 14.2. The molecule has 21 heavy (non-hydrogen) atoms. The smallest absolute Gasteiger partial charge is 0.227 e. The average molecular weight is 300 g/mol. The van der Waals surface area contributed by atoms with Crippen LogP contribution in [0.3, 0.4) is 0 Å². The van der Waals surface area contributed by atoms with Crippen LogP contribution < -0.4 is 5.32 Å². The number of rotatable bonds is 5. The fourth-order valence-electron chi connectivity index (χ4n) is 2.49. The molecule has 3 rings (SSSR count). The normalized spacial score (nSPS) is 14.2.